The molecule has 0 aliphatic heterocycles. The smallest absolute Gasteiger partial charge is 0.214 e. The van der Waals surface area contributed by atoms with E-state index < -0.39 is 0 Å². The van der Waals surface area contributed by atoms with Crippen molar-refractivity contribution in [2.75, 3.05) is 6.54 Å². The highest BCUT2D eigenvalue weighted by molar-refractivity contribution is 7.80. The summed E-state index contributed by atoms with van der Waals surface area (Å²) in [5.74, 6) is 0. The SMILES string of the molecule is C=CCNC([N])=S. The van der Waals surface area contributed by atoms with Crippen LogP contribution in [0.5, 0.6) is 0 Å². The van der Waals surface area contributed by atoms with Crippen LogP contribution in [-0.2, 0) is 0 Å². The van der Waals surface area contributed by atoms with E-state index in [0.29, 0.717) is 6.54 Å². The van der Waals surface area contributed by atoms with E-state index in [1.807, 2.05) is 0 Å². The average molecular weight is 114 g/mol. The summed E-state index contributed by atoms with van der Waals surface area (Å²) in [6.45, 7) is 3.92. The molecule has 38 valence electrons. The van der Waals surface area contributed by atoms with Crippen molar-refractivity contribution >= 4 is 17.3 Å². The van der Waals surface area contributed by atoms with Crippen molar-refractivity contribution < 1.29 is 0 Å². The maximum atomic E-state index is 8.26. The van der Waals surface area contributed by atoms with Gasteiger partial charge in [0.05, 0.1) is 0 Å². The zero-order chi connectivity index (χ0) is 5.70. The van der Waals surface area contributed by atoms with Crippen molar-refractivity contribution in [3.05, 3.63) is 12.7 Å². The number of rotatable bonds is 2. The first-order valence-electron chi connectivity index (χ1n) is 1.85. The van der Waals surface area contributed by atoms with Crippen LogP contribution in [0.25, 0.3) is 0 Å². The fourth-order valence-corrected chi connectivity index (χ4v) is 0.243. The Morgan fingerprint density at radius 2 is 2.57 bits per heavy atom. The Kier molecular flexibility index (Phi) is 3.32. The second-order valence-corrected chi connectivity index (χ2v) is 1.36. The quantitative estimate of drug-likeness (QED) is 0.408. The molecular formula is C4H6N2S. The van der Waals surface area contributed by atoms with E-state index in [0.717, 1.165) is 0 Å². The van der Waals surface area contributed by atoms with Gasteiger partial charge in [-0.05, 0) is 12.2 Å². The lowest BCUT2D eigenvalue weighted by atomic mass is 10.6. The van der Waals surface area contributed by atoms with Gasteiger partial charge in [0.1, 0.15) is 0 Å². The largest absolute Gasteiger partial charge is 0.356 e. The van der Waals surface area contributed by atoms with Gasteiger partial charge < -0.3 is 5.32 Å². The first kappa shape index (κ1) is 6.43. The fourth-order valence-electron chi connectivity index (χ4n) is 0.159. The number of thiocarbonyl (C=S) groups is 1. The lowest BCUT2D eigenvalue weighted by molar-refractivity contribution is 1.05. The number of nitrogens with zero attached hydrogens (tertiary/aromatic N) is 1. The molecule has 0 aromatic carbocycles. The number of hydrogen-bond acceptors (Lipinski definition) is 1. The lowest BCUT2D eigenvalue weighted by Crippen LogP contribution is -2.21. The lowest BCUT2D eigenvalue weighted by Gasteiger charge is -1.90. The summed E-state index contributed by atoms with van der Waals surface area (Å²) in [4.78, 5) is 0. The molecule has 0 aromatic heterocycles. The van der Waals surface area contributed by atoms with E-state index in [1.165, 1.54) is 0 Å². The van der Waals surface area contributed by atoms with Gasteiger partial charge in [-0.1, -0.05) is 6.08 Å². The molecular weight excluding hydrogens is 108 g/mol. The van der Waals surface area contributed by atoms with Gasteiger partial charge in [0.2, 0.25) is 5.11 Å². The molecule has 0 aliphatic rings. The van der Waals surface area contributed by atoms with Crippen molar-refractivity contribution in [1.82, 2.24) is 11.1 Å². The summed E-state index contributed by atoms with van der Waals surface area (Å²) >= 11 is 4.26. The van der Waals surface area contributed by atoms with Crippen molar-refractivity contribution in [3.8, 4) is 0 Å². The first-order valence-corrected chi connectivity index (χ1v) is 2.26. The minimum absolute atomic E-state index is 0.181. The summed E-state index contributed by atoms with van der Waals surface area (Å²) in [5.41, 5.74) is 8.26. The van der Waals surface area contributed by atoms with Crippen molar-refractivity contribution in [1.29, 1.82) is 0 Å². The summed E-state index contributed by atoms with van der Waals surface area (Å²) in [7, 11) is 0. The Labute approximate surface area is 48.4 Å². The highest BCUT2D eigenvalue weighted by atomic mass is 32.1. The molecule has 0 spiro atoms. The van der Waals surface area contributed by atoms with Crippen LogP contribution in [-0.4, -0.2) is 11.7 Å². The summed E-state index contributed by atoms with van der Waals surface area (Å²) in [6, 6.07) is 0. The van der Waals surface area contributed by atoms with E-state index in [4.69, 9.17) is 5.73 Å². The van der Waals surface area contributed by atoms with Crippen LogP contribution in [0.3, 0.4) is 0 Å². The summed E-state index contributed by atoms with van der Waals surface area (Å²) < 4.78 is 0. The fraction of sp³-hybridized carbons (Fsp3) is 0.250. The van der Waals surface area contributed by atoms with Crippen molar-refractivity contribution in [3.63, 3.8) is 0 Å². The highest BCUT2D eigenvalue weighted by Gasteiger charge is 1.80. The molecule has 0 heterocycles. The Morgan fingerprint density at radius 3 is 2.71 bits per heavy atom. The third-order valence-corrected chi connectivity index (χ3v) is 0.542. The van der Waals surface area contributed by atoms with Crippen LogP contribution in [0.4, 0.5) is 0 Å². The minimum Gasteiger partial charge on any atom is -0.356 e. The molecule has 0 aromatic rings. The number of nitrogens with one attached hydrogen (secondary N) is 1. The molecule has 0 unspecified atom stereocenters. The van der Waals surface area contributed by atoms with Gasteiger partial charge in [0.25, 0.3) is 0 Å². The topological polar surface area (TPSA) is 34.3 Å². The van der Waals surface area contributed by atoms with Gasteiger partial charge in [0.15, 0.2) is 0 Å². The van der Waals surface area contributed by atoms with E-state index in [-0.39, 0.29) is 5.11 Å². The third kappa shape index (κ3) is 5.43. The maximum Gasteiger partial charge on any atom is 0.214 e. The standard InChI is InChI=1S/C4H6N2S/c1-2-3-6-4(5)7/h2H,1,3H2,(H,6,7). The van der Waals surface area contributed by atoms with Crippen LogP contribution in [0.2, 0.25) is 0 Å². The van der Waals surface area contributed by atoms with Gasteiger partial charge in [0, 0.05) is 6.54 Å². The normalized spacial score (nSPS) is 7.43. The zero-order valence-corrected chi connectivity index (χ0v) is 4.66. The molecule has 7 heavy (non-hydrogen) atoms. The van der Waals surface area contributed by atoms with Gasteiger partial charge in [-0.25, -0.2) is 0 Å². The summed E-state index contributed by atoms with van der Waals surface area (Å²) in [5, 5.41) is 2.28. The minimum atomic E-state index is -0.181. The van der Waals surface area contributed by atoms with E-state index in [9.17, 15) is 0 Å². The monoisotopic (exact) mass is 114 g/mol. The average Bonchev–Trinajstić information content (AvgIpc) is 1.61. The van der Waals surface area contributed by atoms with Crippen molar-refractivity contribution in [2.24, 2.45) is 0 Å². The number of hydrogen-bond donors (Lipinski definition) is 1. The van der Waals surface area contributed by atoms with Gasteiger partial charge >= 0.3 is 0 Å². The van der Waals surface area contributed by atoms with Crippen LogP contribution in [0.15, 0.2) is 12.7 Å². The van der Waals surface area contributed by atoms with Gasteiger partial charge in [-0.3, -0.25) is 0 Å². The molecule has 0 amide bonds. The van der Waals surface area contributed by atoms with Crippen LogP contribution < -0.4 is 11.1 Å². The first-order chi connectivity index (χ1) is 3.27. The zero-order valence-electron chi connectivity index (χ0n) is 3.85. The van der Waals surface area contributed by atoms with Crippen molar-refractivity contribution in [2.45, 2.75) is 0 Å². The molecule has 2 nitrogen and oxygen atoms in total. The molecule has 0 bridgehead atoms. The molecule has 0 aliphatic carbocycles. The predicted molar refractivity (Wildman–Crippen MR) is 32.9 cm³/mol. The molecule has 0 saturated heterocycles. The highest BCUT2D eigenvalue weighted by Crippen LogP contribution is 1.60. The van der Waals surface area contributed by atoms with Crippen LogP contribution in [0.1, 0.15) is 0 Å². The van der Waals surface area contributed by atoms with E-state index in [2.05, 4.69) is 24.1 Å². The molecule has 0 rings (SSSR count). The Balaban J connectivity index is 2.97. The maximum absolute atomic E-state index is 8.26. The second kappa shape index (κ2) is 3.61. The van der Waals surface area contributed by atoms with Crippen LogP contribution >= 0.6 is 12.2 Å². The molecule has 3 heteroatoms. The van der Waals surface area contributed by atoms with Crippen LogP contribution in [0, 0.1) is 0 Å². The third-order valence-electron chi connectivity index (χ3n) is 0.398. The Morgan fingerprint density at radius 1 is 2.00 bits per heavy atom. The predicted octanol–water partition coefficient (Wildman–Crippen LogP) is 0.116. The molecule has 2 radical (unpaired) electrons. The summed E-state index contributed by atoms with van der Waals surface area (Å²) in [6.07, 6.45) is 1.61. The Bertz CT molecular complexity index is 79.8. The van der Waals surface area contributed by atoms with Gasteiger partial charge in [-0.15, -0.1) is 12.3 Å². The van der Waals surface area contributed by atoms with Gasteiger partial charge in [-0.2, -0.15) is 0 Å². The molecule has 1 N–H and O–H groups in total. The Hall–Kier alpha value is -0.570. The molecule has 0 fully saturated rings. The van der Waals surface area contributed by atoms with E-state index >= 15 is 0 Å². The van der Waals surface area contributed by atoms with E-state index in [1.54, 1.807) is 6.08 Å². The molecule has 0 atom stereocenters. The molecule has 0 saturated carbocycles. The second-order valence-electron chi connectivity index (χ2n) is 0.975.